The van der Waals surface area contributed by atoms with Gasteiger partial charge in [-0.2, -0.15) is 18.3 Å². The summed E-state index contributed by atoms with van der Waals surface area (Å²) >= 11 is 0. The van der Waals surface area contributed by atoms with E-state index in [9.17, 15) is 13.2 Å². The van der Waals surface area contributed by atoms with E-state index in [1.54, 1.807) is 14.0 Å². The predicted octanol–water partition coefficient (Wildman–Crippen LogP) is 2.02. The Morgan fingerprint density at radius 3 is 2.07 bits per heavy atom. The monoisotopic (exact) mass is 243 g/mol. The van der Waals surface area contributed by atoms with E-state index in [1.807, 2.05) is 0 Å². The van der Waals surface area contributed by atoms with Crippen molar-refractivity contribution in [3.05, 3.63) is 17.0 Å². The standard InChI is InChI=1S/C8H12F3N3.ClH/c1-4-6(5(2)14(3)13-4)7(12)8(9,10)11;/h7H,12H2,1-3H3;1H. The molecule has 2 N–H and O–H groups in total. The minimum atomic E-state index is -4.42. The van der Waals surface area contributed by atoms with Crippen LogP contribution in [0.4, 0.5) is 13.2 Å². The topological polar surface area (TPSA) is 43.8 Å². The van der Waals surface area contributed by atoms with Gasteiger partial charge >= 0.3 is 6.18 Å². The van der Waals surface area contributed by atoms with Gasteiger partial charge < -0.3 is 5.73 Å². The molecule has 0 radical (unpaired) electrons. The van der Waals surface area contributed by atoms with Crippen LogP contribution in [0.3, 0.4) is 0 Å². The molecule has 1 rings (SSSR count). The Balaban J connectivity index is 0.00000196. The molecule has 15 heavy (non-hydrogen) atoms. The maximum Gasteiger partial charge on any atom is 0.407 e. The molecule has 0 aliphatic heterocycles. The van der Waals surface area contributed by atoms with Crippen molar-refractivity contribution >= 4 is 12.4 Å². The Morgan fingerprint density at radius 2 is 1.80 bits per heavy atom. The highest BCUT2D eigenvalue weighted by atomic mass is 35.5. The van der Waals surface area contributed by atoms with Gasteiger partial charge in [0.2, 0.25) is 0 Å². The first-order valence-electron chi connectivity index (χ1n) is 4.07. The Labute approximate surface area is 91.9 Å². The van der Waals surface area contributed by atoms with Crippen LogP contribution >= 0.6 is 12.4 Å². The number of aromatic nitrogens is 2. The second-order valence-electron chi connectivity index (χ2n) is 3.23. The Hall–Kier alpha value is -0.750. The van der Waals surface area contributed by atoms with Crippen molar-refractivity contribution in [1.29, 1.82) is 0 Å². The van der Waals surface area contributed by atoms with Gasteiger partial charge in [-0.05, 0) is 13.8 Å². The van der Waals surface area contributed by atoms with Crippen molar-refractivity contribution in [1.82, 2.24) is 9.78 Å². The number of hydrogen-bond donors (Lipinski definition) is 1. The van der Waals surface area contributed by atoms with Crippen molar-refractivity contribution in [2.24, 2.45) is 12.8 Å². The lowest BCUT2D eigenvalue weighted by Crippen LogP contribution is -2.29. The first-order chi connectivity index (χ1) is 6.25. The van der Waals surface area contributed by atoms with Crippen molar-refractivity contribution in [3.63, 3.8) is 0 Å². The van der Waals surface area contributed by atoms with Crippen LogP contribution in [0.25, 0.3) is 0 Å². The summed E-state index contributed by atoms with van der Waals surface area (Å²) in [6.07, 6.45) is -4.42. The molecule has 0 bridgehead atoms. The van der Waals surface area contributed by atoms with Crippen LogP contribution in [-0.2, 0) is 7.05 Å². The zero-order valence-electron chi connectivity index (χ0n) is 8.59. The molecule has 0 aliphatic rings. The third-order valence-corrected chi connectivity index (χ3v) is 2.23. The van der Waals surface area contributed by atoms with Gasteiger partial charge in [0.25, 0.3) is 0 Å². The fourth-order valence-corrected chi connectivity index (χ4v) is 1.40. The summed E-state index contributed by atoms with van der Waals surface area (Å²) in [4.78, 5) is 0. The molecule has 0 spiro atoms. The van der Waals surface area contributed by atoms with Crippen molar-refractivity contribution in [2.45, 2.75) is 26.1 Å². The molecule has 1 aromatic heterocycles. The van der Waals surface area contributed by atoms with Crippen molar-refractivity contribution in [3.8, 4) is 0 Å². The average Bonchev–Trinajstić information content (AvgIpc) is 2.24. The van der Waals surface area contributed by atoms with E-state index in [0.29, 0.717) is 11.4 Å². The highest BCUT2D eigenvalue weighted by molar-refractivity contribution is 5.85. The van der Waals surface area contributed by atoms with Gasteiger partial charge in [-0.25, -0.2) is 0 Å². The van der Waals surface area contributed by atoms with Crippen LogP contribution in [-0.4, -0.2) is 16.0 Å². The molecule has 7 heteroatoms. The number of halogens is 4. The van der Waals surface area contributed by atoms with Crippen LogP contribution in [0, 0.1) is 13.8 Å². The lowest BCUT2D eigenvalue weighted by Gasteiger charge is -2.15. The Morgan fingerprint density at radius 1 is 1.33 bits per heavy atom. The summed E-state index contributed by atoms with van der Waals surface area (Å²) < 4.78 is 38.4. The molecule has 0 fully saturated rings. The third kappa shape index (κ3) is 2.63. The van der Waals surface area contributed by atoms with Crippen LogP contribution in [0.5, 0.6) is 0 Å². The molecule has 1 heterocycles. The summed E-state index contributed by atoms with van der Waals surface area (Å²) in [7, 11) is 1.59. The lowest BCUT2D eigenvalue weighted by molar-refractivity contribution is -0.149. The highest BCUT2D eigenvalue weighted by Crippen LogP contribution is 2.33. The van der Waals surface area contributed by atoms with Gasteiger partial charge in [0.15, 0.2) is 0 Å². The average molecular weight is 244 g/mol. The van der Waals surface area contributed by atoms with Crippen LogP contribution in [0.15, 0.2) is 0 Å². The van der Waals surface area contributed by atoms with E-state index < -0.39 is 12.2 Å². The van der Waals surface area contributed by atoms with E-state index in [2.05, 4.69) is 5.10 Å². The minimum Gasteiger partial charge on any atom is -0.316 e. The molecule has 0 saturated carbocycles. The molecular weight excluding hydrogens is 231 g/mol. The quantitative estimate of drug-likeness (QED) is 0.820. The van der Waals surface area contributed by atoms with E-state index in [1.165, 1.54) is 11.6 Å². The second kappa shape index (κ2) is 4.40. The molecule has 0 aliphatic carbocycles. The largest absolute Gasteiger partial charge is 0.407 e. The Kier molecular flexibility index (Phi) is 4.18. The van der Waals surface area contributed by atoms with Crippen LogP contribution < -0.4 is 5.73 Å². The molecule has 0 saturated heterocycles. The molecule has 88 valence electrons. The molecule has 1 unspecified atom stereocenters. The molecule has 0 amide bonds. The number of rotatable bonds is 1. The summed E-state index contributed by atoms with van der Waals surface area (Å²) in [5.41, 5.74) is 5.96. The number of nitrogens with zero attached hydrogens (tertiary/aromatic N) is 2. The van der Waals surface area contributed by atoms with E-state index >= 15 is 0 Å². The fraction of sp³-hybridized carbons (Fsp3) is 0.625. The normalized spacial score (nSPS) is 13.5. The number of aryl methyl sites for hydroxylation is 2. The van der Waals surface area contributed by atoms with Gasteiger partial charge in [0.1, 0.15) is 6.04 Å². The first-order valence-corrected chi connectivity index (χ1v) is 4.07. The van der Waals surface area contributed by atoms with Crippen molar-refractivity contribution < 1.29 is 13.2 Å². The fourth-order valence-electron chi connectivity index (χ4n) is 1.40. The van der Waals surface area contributed by atoms with Gasteiger partial charge in [-0.15, -0.1) is 12.4 Å². The third-order valence-electron chi connectivity index (χ3n) is 2.23. The zero-order valence-corrected chi connectivity index (χ0v) is 9.41. The SMILES string of the molecule is Cc1nn(C)c(C)c1C(N)C(F)(F)F.Cl. The molecule has 3 nitrogen and oxygen atoms in total. The first kappa shape index (κ1) is 14.2. The predicted molar refractivity (Wildman–Crippen MR) is 52.9 cm³/mol. The van der Waals surface area contributed by atoms with Crippen molar-refractivity contribution in [2.75, 3.05) is 0 Å². The summed E-state index contributed by atoms with van der Waals surface area (Å²) in [5, 5.41) is 3.88. The molecular formula is C8H13ClF3N3. The zero-order chi connectivity index (χ0) is 11.1. The Bertz CT molecular complexity index is 346. The molecule has 1 aromatic rings. The highest BCUT2D eigenvalue weighted by Gasteiger charge is 2.40. The number of hydrogen-bond acceptors (Lipinski definition) is 2. The van der Waals surface area contributed by atoms with Gasteiger partial charge in [0, 0.05) is 18.3 Å². The van der Waals surface area contributed by atoms with Gasteiger partial charge in [-0.1, -0.05) is 0 Å². The van der Waals surface area contributed by atoms with Gasteiger partial charge in [-0.3, -0.25) is 4.68 Å². The van der Waals surface area contributed by atoms with Crippen LogP contribution in [0.1, 0.15) is 23.0 Å². The van der Waals surface area contributed by atoms with Crippen LogP contribution in [0.2, 0.25) is 0 Å². The van der Waals surface area contributed by atoms with Gasteiger partial charge in [0.05, 0.1) is 5.69 Å². The second-order valence-corrected chi connectivity index (χ2v) is 3.23. The lowest BCUT2D eigenvalue weighted by atomic mass is 10.1. The molecule has 1 atom stereocenters. The number of alkyl halides is 3. The smallest absolute Gasteiger partial charge is 0.316 e. The molecule has 0 aromatic carbocycles. The maximum atomic E-state index is 12.3. The number of nitrogens with two attached hydrogens (primary N) is 1. The van der Waals surface area contributed by atoms with E-state index in [-0.39, 0.29) is 18.0 Å². The minimum absolute atomic E-state index is 0. The summed E-state index contributed by atoms with van der Waals surface area (Å²) in [5.74, 6) is 0. The summed E-state index contributed by atoms with van der Waals surface area (Å²) in [6.45, 7) is 3.09. The summed E-state index contributed by atoms with van der Waals surface area (Å²) in [6, 6.07) is -1.95. The van der Waals surface area contributed by atoms with E-state index in [4.69, 9.17) is 5.73 Å². The maximum absolute atomic E-state index is 12.3. The van der Waals surface area contributed by atoms with E-state index in [0.717, 1.165) is 0 Å².